The maximum absolute atomic E-state index is 13.8. The first-order chi connectivity index (χ1) is 9.04. The molecular formula is C13H17F3O3. The molecule has 0 saturated carbocycles. The third-order valence-corrected chi connectivity index (χ3v) is 2.56. The maximum Gasteiger partial charge on any atom is 0.261 e. The van der Waals surface area contributed by atoms with Crippen LogP contribution in [0.3, 0.4) is 0 Å². The van der Waals surface area contributed by atoms with Gasteiger partial charge in [0.1, 0.15) is 6.61 Å². The molecule has 1 N–H and O–H groups in total. The fraction of sp³-hybridized carbons (Fsp3) is 0.538. The van der Waals surface area contributed by atoms with E-state index in [2.05, 4.69) is 4.74 Å². The predicted molar refractivity (Wildman–Crippen MR) is 64.1 cm³/mol. The summed E-state index contributed by atoms with van der Waals surface area (Å²) in [5.74, 6) is -0.406. The van der Waals surface area contributed by atoms with Crippen LogP contribution in [-0.4, -0.2) is 38.0 Å². The Morgan fingerprint density at radius 3 is 2.68 bits per heavy atom. The molecule has 6 heteroatoms. The minimum Gasteiger partial charge on any atom is -0.494 e. The van der Waals surface area contributed by atoms with E-state index in [1.807, 2.05) is 0 Å². The summed E-state index contributed by atoms with van der Waals surface area (Å²) in [6.45, 7) is -0.642. The highest BCUT2D eigenvalue weighted by Crippen LogP contribution is 2.21. The van der Waals surface area contributed by atoms with Gasteiger partial charge in [0.2, 0.25) is 0 Å². The third-order valence-electron chi connectivity index (χ3n) is 2.56. The lowest BCUT2D eigenvalue weighted by atomic mass is 10.1. The van der Waals surface area contributed by atoms with Gasteiger partial charge < -0.3 is 14.6 Å². The van der Waals surface area contributed by atoms with E-state index in [0.29, 0.717) is 5.56 Å². The molecule has 0 heterocycles. The van der Waals surface area contributed by atoms with Crippen molar-refractivity contribution in [2.45, 2.75) is 25.4 Å². The summed E-state index contributed by atoms with van der Waals surface area (Å²) in [4.78, 5) is 0. The highest BCUT2D eigenvalue weighted by atomic mass is 19.3. The van der Waals surface area contributed by atoms with E-state index in [-0.39, 0.29) is 25.2 Å². The Morgan fingerprint density at radius 1 is 1.32 bits per heavy atom. The quantitative estimate of drug-likeness (QED) is 0.742. The summed E-state index contributed by atoms with van der Waals surface area (Å²) in [5, 5.41) is 9.68. The van der Waals surface area contributed by atoms with Gasteiger partial charge in [-0.1, -0.05) is 12.1 Å². The molecule has 0 aromatic heterocycles. The lowest BCUT2D eigenvalue weighted by Gasteiger charge is -2.12. The van der Waals surface area contributed by atoms with Crippen LogP contribution in [0.1, 0.15) is 12.0 Å². The van der Waals surface area contributed by atoms with Crippen molar-refractivity contribution in [2.24, 2.45) is 0 Å². The van der Waals surface area contributed by atoms with Crippen LogP contribution in [0.2, 0.25) is 0 Å². The molecule has 19 heavy (non-hydrogen) atoms. The predicted octanol–water partition coefficient (Wildman–Crippen LogP) is 2.41. The number of methoxy groups -OCH3 is 1. The molecule has 1 rings (SSSR count). The number of hydrogen-bond acceptors (Lipinski definition) is 3. The Kier molecular flexibility index (Phi) is 6.66. The number of ether oxygens (including phenoxy) is 2. The zero-order valence-corrected chi connectivity index (χ0v) is 10.6. The minimum absolute atomic E-state index is 0.0110. The summed E-state index contributed by atoms with van der Waals surface area (Å²) in [6, 6.07) is 4.65. The summed E-state index contributed by atoms with van der Waals surface area (Å²) >= 11 is 0. The number of hydrogen-bond donors (Lipinski definition) is 1. The van der Waals surface area contributed by atoms with Crippen molar-refractivity contribution in [3.8, 4) is 5.75 Å². The van der Waals surface area contributed by atoms with Crippen LogP contribution in [0.25, 0.3) is 0 Å². The molecule has 0 aliphatic rings. The second kappa shape index (κ2) is 8.01. The van der Waals surface area contributed by atoms with E-state index in [0.717, 1.165) is 0 Å². The molecule has 1 atom stereocenters. The number of rotatable bonds is 8. The molecule has 1 aromatic rings. The Bertz CT molecular complexity index is 385. The van der Waals surface area contributed by atoms with Gasteiger partial charge in [0.05, 0.1) is 13.2 Å². The lowest BCUT2D eigenvalue weighted by Crippen LogP contribution is -2.16. The van der Waals surface area contributed by atoms with Crippen molar-refractivity contribution in [3.63, 3.8) is 0 Å². The van der Waals surface area contributed by atoms with Crippen molar-refractivity contribution < 1.29 is 27.8 Å². The van der Waals surface area contributed by atoms with Gasteiger partial charge in [-0.2, -0.15) is 0 Å². The summed E-state index contributed by atoms with van der Waals surface area (Å²) in [7, 11) is 1.36. The molecule has 3 nitrogen and oxygen atoms in total. The van der Waals surface area contributed by atoms with Gasteiger partial charge in [0.25, 0.3) is 6.43 Å². The van der Waals surface area contributed by atoms with Crippen molar-refractivity contribution in [1.82, 2.24) is 0 Å². The second-order valence-electron chi connectivity index (χ2n) is 4.05. The first-order valence-electron chi connectivity index (χ1n) is 5.90. The summed E-state index contributed by atoms with van der Waals surface area (Å²) in [6.07, 6.45) is -3.11. The average Bonchev–Trinajstić information content (AvgIpc) is 2.37. The second-order valence-corrected chi connectivity index (χ2v) is 4.05. The number of aliphatic hydroxyl groups excluding tert-OH is 1. The Balaban J connectivity index is 2.42. The number of alkyl halides is 2. The van der Waals surface area contributed by atoms with E-state index < -0.39 is 25.0 Å². The van der Waals surface area contributed by atoms with Crippen molar-refractivity contribution >= 4 is 0 Å². The first kappa shape index (κ1) is 15.8. The monoisotopic (exact) mass is 278 g/mol. The zero-order valence-electron chi connectivity index (χ0n) is 10.6. The van der Waals surface area contributed by atoms with Crippen LogP contribution in [-0.2, 0) is 11.2 Å². The van der Waals surface area contributed by atoms with Crippen LogP contribution in [0, 0.1) is 5.82 Å². The Morgan fingerprint density at radius 2 is 2.05 bits per heavy atom. The molecule has 0 saturated heterocycles. The molecule has 0 fully saturated rings. The smallest absolute Gasteiger partial charge is 0.261 e. The van der Waals surface area contributed by atoms with E-state index in [4.69, 9.17) is 4.74 Å². The molecular weight excluding hydrogens is 261 g/mol. The topological polar surface area (TPSA) is 38.7 Å². The lowest BCUT2D eigenvalue weighted by molar-refractivity contribution is 0.00505. The molecule has 0 spiro atoms. The molecule has 1 aromatic carbocycles. The summed E-state index contributed by atoms with van der Waals surface area (Å²) < 4.78 is 46.8. The molecule has 0 radical (unpaired) electrons. The van der Waals surface area contributed by atoms with E-state index in [9.17, 15) is 18.3 Å². The van der Waals surface area contributed by atoms with Gasteiger partial charge in [-0.25, -0.2) is 13.2 Å². The van der Waals surface area contributed by atoms with E-state index >= 15 is 0 Å². The highest BCUT2D eigenvalue weighted by Gasteiger charge is 2.13. The van der Waals surface area contributed by atoms with Gasteiger partial charge >= 0.3 is 0 Å². The van der Waals surface area contributed by atoms with Crippen molar-refractivity contribution in [1.29, 1.82) is 0 Å². The molecule has 0 aliphatic heterocycles. The fourth-order valence-electron chi connectivity index (χ4n) is 1.62. The van der Waals surface area contributed by atoms with Gasteiger partial charge in [0.15, 0.2) is 11.6 Å². The normalized spacial score (nSPS) is 12.7. The van der Waals surface area contributed by atoms with Crippen molar-refractivity contribution in [2.75, 3.05) is 20.3 Å². The largest absolute Gasteiger partial charge is 0.494 e. The SMILES string of the molecule is COc1cccc(CC(O)CCOCC(F)F)c1F. The summed E-state index contributed by atoms with van der Waals surface area (Å²) in [5.41, 5.74) is 0.320. The Labute approximate surface area is 110 Å². The van der Waals surface area contributed by atoms with Gasteiger partial charge in [-0.3, -0.25) is 0 Å². The van der Waals surface area contributed by atoms with Crippen LogP contribution in [0.4, 0.5) is 13.2 Å². The van der Waals surface area contributed by atoms with Crippen molar-refractivity contribution in [3.05, 3.63) is 29.6 Å². The van der Waals surface area contributed by atoms with Crippen LogP contribution < -0.4 is 4.74 Å². The Hall–Kier alpha value is -1.27. The average molecular weight is 278 g/mol. The van der Waals surface area contributed by atoms with Crippen LogP contribution >= 0.6 is 0 Å². The first-order valence-corrected chi connectivity index (χ1v) is 5.90. The molecule has 0 amide bonds. The highest BCUT2D eigenvalue weighted by molar-refractivity contribution is 5.31. The molecule has 1 unspecified atom stereocenters. The third kappa shape index (κ3) is 5.48. The van der Waals surface area contributed by atoms with Crippen LogP contribution in [0.15, 0.2) is 18.2 Å². The molecule has 108 valence electrons. The molecule has 0 aliphatic carbocycles. The van der Waals surface area contributed by atoms with E-state index in [1.54, 1.807) is 12.1 Å². The van der Waals surface area contributed by atoms with E-state index in [1.165, 1.54) is 13.2 Å². The number of halogens is 3. The number of aliphatic hydroxyl groups is 1. The maximum atomic E-state index is 13.8. The standard InChI is InChI=1S/C13H17F3O3/c1-18-11-4-2-3-9(13(11)16)7-10(17)5-6-19-8-12(14)15/h2-4,10,12,17H,5-8H2,1H3. The minimum atomic E-state index is -2.52. The number of benzene rings is 1. The van der Waals surface area contributed by atoms with Gasteiger partial charge in [0, 0.05) is 13.0 Å². The van der Waals surface area contributed by atoms with Crippen LogP contribution in [0.5, 0.6) is 5.75 Å². The molecule has 0 bridgehead atoms. The fourth-order valence-corrected chi connectivity index (χ4v) is 1.62. The van der Waals surface area contributed by atoms with Gasteiger partial charge in [-0.15, -0.1) is 0 Å². The zero-order chi connectivity index (χ0) is 14.3. The van der Waals surface area contributed by atoms with Gasteiger partial charge in [-0.05, 0) is 18.1 Å².